The Hall–Kier alpha value is -2.46. The van der Waals surface area contributed by atoms with E-state index < -0.39 is 6.04 Å². The highest BCUT2D eigenvalue weighted by atomic mass is 16.5. The van der Waals surface area contributed by atoms with Gasteiger partial charge in [0.15, 0.2) is 5.78 Å². The largest absolute Gasteiger partial charge is 0.468 e. The van der Waals surface area contributed by atoms with Gasteiger partial charge >= 0.3 is 5.97 Å². The number of nitrogens with zero attached hydrogens (tertiary/aromatic N) is 1. The fraction of sp³-hybridized carbons (Fsp3) is 0.222. The number of likely N-dealkylation sites (N-methyl/N-ethyl adjacent to an activating group) is 1. The molecule has 0 saturated heterocycles. The van der Waals surface area contributed by atoms with Crippen LogP contribution < -0.4 is 0 Å². The van der Waals surface area contributed by atoms with Crippen LogP contribution in [0.1, 0.15) is 27.5 Å². The lowest BCUT2D eigenvalue weighted by atomic mass is 9.98. The van der Waals surface area contributed by atoms with Crippen LogP contribution in [-0.4, -0.2) is 37.9 Å². The van der Waals surface area contributed by atoms with Crippen molar-refractivity contribution in [1.29, 1.82) is 0 Å². The Morgan fingerprint density at radius 3 is 2.18 bits per heavy atom. The number of hydrogen-bond donors (Lipinski definition) is 0. The van der Waals surface area contributed by atoms with Crippen LogP contribution in [0.5, 0.6) is 0 Å². The molecule has 0 amide bonds. The minimum absolute atomic E-state index is 0.0650. The number of ketones is 1. The van der Waals surface area contributed by atoms with Crippen molar-refractivity contribution < 1.29 is 14.3 Å². The van der Waals surface area contributed by atoms with Crippen molar-refractivity contribution in [2.75, 3.05) is 21.2 Å². The van der Waals surface area contributed by atoms with E-state index in [0.717, 1.165) is 5.56 Å². The number of hydrogen-bond acceptors (Lipinski definition) is 4. The lowest BCUT2D eigenvalue weighted by Crippen LogP contribution is -2.28. The maximum atomic E-state index is 12.5. The number of ether oxygens (including phenoxy) is 1. The molecule has 22 heavy (non-hydrogen) atoms. The van der Waals surface area contributed by atoms with Gasteiger partial charge in [0.05, 0.1) is 7.11 Å². The summed E-state index contributed by atoms with van der Waals surface area (Å²) in [6.45, 7) is 0. The van der Waals surface area contributed by atoms with Gasteiger partial charge in [-0.1, -0.05) is 48.5 Å². The second-order valence-electron chi connectivity index (χ2n) is 5.21. The molecule has 0 heterocycles. The van der Waals surface area contributed by atoms with E-state index >= 15 is 0 Å². The monoisotopic (exact) mass is 297 g/mol. The average Bonchev–Trinajstić information content (AvgIpc) is 2.55. The molecule has 2 aromatic carbocycles. The first-order valence-electron chi connectivity index (χ1n) is 6.98. The van der Waals surface area contributed by atoms with Crippen LogP contribution in [-0.2, 0) is 9.53 Å². The molecule has 0 bridgehead atoms. The van der Waals surface area contributed by atoms with E-state index in [4.69, 9.17) is 4.74 Å². The van der Waals surface area contributed by atoms with Gasteiger partial charge in [0.25, 0.3) is 0 Å². The second kappa shape index (κ2) is 7.00. The summed E-state index contributed by atoms with van der Waals surface area (Å²) in [6.07, 6.45) is 0. The Morgan fingerprint density at radius 1 is 0.955 bits per heavy atom. The Kier molecular flexibility index (Phi) is 5.07. The van der Waals surface area contributed by atoms with E-state index in [1.54, 1.807) is 49.3 Å². The molecule has 4 heteroatoms. The number of esters is 1. The van der Waals surface area contributed by atoms with Gasteiger partial charge in [-0.2, -0.15) is 0 Å². The molecule has 114 valence electrons. The van der Waals surface area contributed by atoms with E-state index in [1.807, 2.05) is 24.3 Å². The van der Waals surface area contributed by atoms with Crippen LogP contribution in [0.3, 0.4) is 0 Å². The fourth-order valence-corrected chi connectivity index (χ4v) is 2.36. The molecule has 1 unspecified atom stereocenters. The van der Waals surface area contributed by atoms with Crippen LogP contribution in [0.4, 0.5) is 0 Å². The minimum atomic E-state index is -0.534. The summed E-state index contributed by atoms with van der Waals surface area (Å²) >= 11 is 0. The van der Waals surface area contributed by atoms with Gasteiger partial charge in [-0.05, 0) is 25.7 Å². The van der Waals surface area contributed by atoms with E-state index in [0.29, 0.717) is 11.1 Å². The second-order valence-corrected chi connectivity index (χ2v) is 5.21. The number of carbonyl (C=O) groups is 2. The minimum Gasteiger partial charge on any atom is -0.468 e. The molecule has 0 spiro atoms. The molecule has 0 aliphatic rings. The molecule has 0 aliphatic carbocycles. The average molecular weight is 297 g/mol. The molecule has 2 aromatic rings. The van der Waals surface area contributed by atoms with E-state index in [9.17, 15) is 9.59 Å². The van der Waals surface area contributed by atoms with E-state index in [-0.39, 0.29) is 11.8 Å². The van der Waals surface area contributed by atoms with Crippen LogP contribution in [0.2, 0.25) is 0 Å². The van der Waals surface area contributed by atoms with Gasteiger partial charge in [-0.25, -0.2) is 4.79 Å². The van der Waals surface area contributed by atoms with Crippen molar-refractivity contribution in [3.63, 3.8) is 0 Å². The van der Waals surface area contributed by atoms with E-state index in [2.05, 4.69) is 0 Å². The van der Waals surface area contributed by atoms with Gasteiger partial charge in [0.2, 0.25) is 0 Å². The maximum absolute atomic E-state index is 12.5. The third-order valence-electron chi connectivity index (χ3n) is 3.44. The topological polar surface area (TPSA) is 46.6 Å². The molecule has 0 N–H and O–H groups in total. The standard InChI is InChI=1S/C18H19NO3/c1-19(2)16(18(21)22-3)14-10-7-11-15(12-14)17(20)13-8-5-4-6-9-13/h4-12,16H,1-3H3. The molecule has 0 radical (unpaired) electrons. The van der Waals surface area contributed by atoms with Crippen molar-refractivity contribution in [2.24, 2.45) is 0 Å². The van der Waals surface area contributed by atoms with Gasteiger partial charge in [-0.3, -0.25) is 9.69 Å². The molecular weight excluding hydrogens is 278 g/mol. The zero-order chi connectivity index (χ0) is 16.1. The van der Waals surface area contributed by atoms with E-state index in [1.165, 1.54) is 7.11 Å². The first-order chi connectivity index (χ1) is 10.5. The number of carbonyl (C=O) groups excluding carboxylic acids is 2. The highest BCUT2D eigenvalue weighted by Crippen LogP contribution is 2.22. The highest BCUT2D eigenvalue weighted by molar-refractivity contribution is 6.09. The quantitative estimate of drug-likeness (QED) is 0.629. The van der Waals surface area contributed by atoms with Crippen LogP contribution in [0, 0.1) is 0 Å². The van der Waals surface area contributed by atoms with Crippen molar-refractivity contribution >= 4 is 11.8 Å². The molecule has 0 saturated carbocycles. The Bertz CT molecular complexity index is 665. The smallest absolute Gasteiger partial charge is 0.327 e. The van der Waals surface area contributed by atoms with Gasteiger partial charge in [0.1, 0.15) is 6.04 Å². The Labute approximate surface area is 130 Å². The Balaban J connectivity index is 2.37. The number of rotatable bonds is 5. The predicted octanol–water partition coefficient (Wildman–Crippen LogP) is 2.69. The molecule has 4 nitrogen and oxygen atoms in total. The predicted molar refractivity (Wildman–Crippen MR) is 84.8 cm³/mol. The summed E-state index contributed by atoms with van der Waals surface area (Å²) < 4.78 is 4.85. The van der Waals surface area contributed by atoms with Gasteiger partial charge < -0.3 is 4.74 Å². The summed E-state index contributed by atoms with van der Waals surface area (Å²) in [5, 5.41) is 0. The zero-order valence-electron chi connectivity index (χ0n) is 12.9. The van der Waals surface area contributed by atoms with Crippen molar-refractivity contribution in [1.82, 2.24) is 4.90 Å². The van der Waals surface area contributed by atoms with Crippen molar-refractivity contribution in [3.05, 3.63) is 71.3 Å². The van der Waals surface area contributed by atoms with Crippen LogP contribution >= 0.6 is 0 Å². The first kappa shape index (κ1) is 15.9. The molecule has 2 rings (SSSR count). The number of benzene rings is 2. The highest BCUT2D eigenvalue weighted by Gasteiger charge is 2.24. The SMILES string of the molecule is COC(=O)C(c1cccc(C(=O)c2ccccc2)c1)N(C)C. The molecule has 0 aliphatic heterocycles. The normalized spacial score (nSPS) is 12.0. The zero-order valence-corrected chi connectivity index (χ0v) is 12.9. The first-order valence-corrected chi connectivity index (χ1v) is 6.98. The van der Waals surface area contributed by atoms with Crippen LogP contribution in [0.25, 0.3) is 0 Å². The summed E-state index contributed by atoms with van der Waals surface area (Å²) in [5.74, 6) is -0.417. The lowest BCUT2D eigenvalue weighted by Gasteiger charge is -2.22. The molecule has 0 fully saturated rings. The summed E-state index contributed by atoms with van der Waals surface area (Å²) in [5.41, 5.74) is 1.91. The van der Waals surface area contributed by atoms with Gasteiger partial charge in [0, 0.05) is 11.1 Å². The Morgan fingerprint density at radius 2 is 1.59 bits per heavy atom. The van der Waals surface area contributed by atoms with Crippen LogP contribution in [0.15, 0.2) is 54.6 Å². The molecule has 1 atom stereocenters. The summed E-state index contributed by atoms with van der Waals surface area (Å²) in [7, 11) is 4.96. The van der Waals surface area contributed by atoms with Gasteiger partial charge in [-0.15, -0.1) is 0 Å². The lowest BCUT2D eigenvalue weighted by molar-refractivity contribution is -0.146. The summed E-state index contributed by atoms with van der Waals surface area (Å²) in [6, 6.07) is 15.6. The number of methoxy groups -OCH3 is 1. The third kappa shape index (κ3) is 3.40. The van der Waals surface area contributed by atoms with Crippen molar-refractivity contribution in [2.45, 2.75) is 6.04 Å². The maximum Gasteiger partial charge on any atom is 0.327 e. The van der Waals surface area contributed by atoms with Crippen molar-refractivity contribution in [3.8, 4) is 0 Å². The molecule has 0 aromatic heterocycles. The summed E-state index contributed by atoms with van der Waals surface area (Å²) in [4.78, 5) is 26.2. The molecular formula is C18H19NO3. The fourth-order valence-electron chi connectivity index (χ4n) is 2.36. The third-order valence-corrected chi connectivity index (χ3v) is 3.44.